The van der Waals surface area contributed by atoms with Crippen LogP contribution in [0.2, 0.25) is 0 Å². The molecule has 0 saturated carbocycles. The summed E-state index contributed by atoms with van der Waals surface area (Å²) in [7, 11) is 0. The van der Waals surface area contributed by atoms with Gasteiger partial charge in [-0.05, 0) is 34.1 Å². The van der Waals surface area contributed by atoms with Crippen molar-refractivity contribution in [2.45, 2.75) is 72.0 Å². The molecule has 1 amide bonds. The first kappa shape index (κ1) is 17.4. The number of hydrogen-bond acceptors (Lipinski definition) is 3. The molecule has 0 spiro atoms. The molecule has 0 aromatic carbocycles. The third-order valence-electron chi connectivity index (χ3n) is 3.20. The number of carbonyl (C=O) groups excluding carboxylic acids is 1. The summed E-state index contributed by atoms with van der Waals surface area (Å²) in [6.45, 7) is 12.4. The molecular formula is C14H31N3O. The van der Waals surface area contributed by atoms with Crippen molar-refractivity contribution in [3.8, 4) is 0 Å². The van der Waals surface area contributed by atoms with Crippen LogP contribution < -0.4 is 11.1 Å². The maximum absolute atomic E-state index is 11.7. The Hall–Kier alpha value is -0.610. The number of rotatable bonds is 9. The van der Waals surface area contributed by atoms with Gasteiger partial charge in [-0.2, -0.15) is 0 Å². The molecule has 0 radical (unpaired) electrons. The lowest BCUT2D eigenvalue weighted by Crippen LogP contribution is -2.46. The van der Waals surface area contributed by atoms with Crippen LogP contribution in [0.4, 0.5) is 0 Å². The zero-order chi connectivity index (χ0) is 14.1. The van der Waals surface area contributed by atoms with Crippen molar-refractivity contribution in [3.05, 3.63) is 0 Å². The first-order valence-corrected chi connectivity index (χ1v) is 7.19. The molecule has 0 fully saturated rings. The van der Waals surface area contributed by atoms with Gasteiger partial charge in [0.25, 0.3) is 0 Å². The molecular weight excluding hydrogens is 226 g/mol. The van der Waals surface area contributed by atoms with Crippen molar-refractivity contribution >= 4 is 5.91 Å². The summed E-state index contributed by atoms with van der Waals surface area (Å²) in [4.78, 5) is 14.1. The van der Waals surface area contributed by atoms with Crippen molar-refractivity contribution in [3.63, 3.8) is 0 Å². The van der Waals surface area contributed by atoms with Gasteiger partial charge in [-0.1, -0.05) is 19.8 Å². The summed E-state index contributed by atoms with van der Waals surface area (Å²) in [6, 6.07) is 0.642. The van der Waals surface area contributed by atoms with Crippen molar-refractivity contribution in [1.29, 1.82) is 0 Å². The van der Waals surface area contributed by atoms with Crippen LogP contribution in [-0.4, -0.2) is 42.0 Å². The molecule has 0 aliphatic rings. The zero-order valence-electron chi connectivity index (χ0n) is 12.7. The Labute approximate surface area is 112 Å². The summed E-state index contributed by atoms with van der Waals surface area (Å²) in [5.74, 6) is -0.0177. The minimum absolute atomic E-state index is 0.0177. The Morgan fingerprint density at radius 2 is 1.78 bits per heavy atom. The summed E-state index contributed by atoms with van der Waals surface area (Å²) in [5.41, 5.74) is 5.81. The molecule has 0 saturated heterocycles. The Balaban J connectivity index is 3.91. The fraction of sp³-hybridized carbons (Fsp3) is 0.929. The van der Waals surface area contributed by atoms with Gasteiger partial charge in [-0.25, -0.2) is 0 Å². The maximum atomic E-state index is 11.7. The minimum Gasteiger partial charge on any atom is -0.353 e. The summed E-state index contributed by atoms with van der Waals surface area (Å²) < 4.78 is 0. The second-order valence-electron chi connectivity index (χ2n) is 5.47. The molecule has 108 valence electrons. The quantitative estimate of drug-likeness (QED) is 0.661. The number of carbonyl (C=O) groups is 1. The van der Waals surface area contributed by atoms with Crippen LogP contribution in [0, 0.1) is 0 Å². The highest BCUT2D eigenvalue weighted by atomic mass is 16.2. The molecule has 1 atom stereocenters. The van der Waals surface area contributed by atoms with Gasteiger partial charge in [0.05, 0.1) is 6.04 Å². The largest absolute Gasteiger partial charge is 0.353 e. The fourth-order valence-corrected chi connectivity index (χ4v) is 2.11. The standard InChI is InChI=1S/C14H31N3O/c1-6-7-8-13(15)14(18)16-9-10-17(11(2)3)12(4)5/h11-13H,6-10,15H2,1-5H3,(H,16,18)/t13-/m0/s1. The number of nitrogens with zero attached hydrogens (tertiary/aromatic N) is 1. The molecule has 0 unspecified atom stereocenters. The van der Waals surface area contributed by atoms with E-state index < -0.39 is 0 Å². The molecule has 0 aliphatic carbocycles. The lowest BCUT2D eigenvalue weighted by molar-refractivity contribution is -0.122. The number of nitrogens with one attached hydrogen (secondary N) is 1. The molecule has 4 nitrogen and oxygen atoms in total. The van der Waals surface area contributed by atoms with E-state index in [9.17, 15) is 4.79 Å². The normalized spacial score (nSPS) is 13.4. The van der Waals surface area contributed by atoms with Crippen LogP contribution in [0.5, 0.6) is 0 Å². The summed E-state index contributed by atoms with van der Waals surface area (Å²) in [5, 5.41) is 2.93. The Kier molecular flexibility index (Phi) is 9.02. The third kappa shape index (κ3) is 6.97. The highest BCUT2D eigenvalue weighted by Crippen LogP contribution is 2.03. The van der Waals surface area contributed by atoms with Gasteiger partial charge < -0.3 is 11.1 Å². The molecule has 0 aliphatic heterocycles. The molecule has 18 heavy (non-hydrogen) atoms. The third-order valence-corrected chi connectivity index (χ3v) is 3.20. The maximum Gasteiger partial charge on any atom is 0.236 e. The van der Waals surface area contributed by atoms with Gasteiger partial charge in [0.1, 0.15) is 0 Å². The average molecular weight is 257 g/mol. The van der Waals surface area contributed by atoms with Crippen LogP contribution in [0.3, 0.4) is 0 Å². The van der Waals surface area contributed by atoms with Crippen LogP contribution in [0.25, 0.3) is 0 Å². The van der Waals surface area contributed by atoms with E-state index in [-0.39, 0.29) is 11.9 Å². The fourth-order valence-electron chi connectivity index (χ4n) is 2.11. The summed E-state index contributed by atoms with van der Waals surface area (Å²) in [6.07, 6.45) is 2.87. The van der Waals surface area contributed by atoms with Crippen LogP contribution in [-0.2, 0) is 4.79 Å². The second-order valence-corrected chi connectivity index (χ2v) is 5.47. The van der Waals surface area contributed by atoms with Crippen LogP contribution >= 0.6 is 0 Å². The first-order valence-electron chi connectivity index (χ1n) is 7.19. The van der Waals surface area contributed by atoms with E-state index in [4.69, 9.17) is 5.73 Å². The Morgan fingerprint density at radius 1 is 1.22 bits per heavy atom. The van der Waals surface area contributed by atoms with E-state index in [0.717, 1.165) is 25.8 Å². The minimum atomic E-state index is -0.350. The molecule has 0 aromatic heterocycles. The van der Waals surface area contributed by atoms with Crippen molar-refractivity contribution in [1.82, 2.24) is 10.2 Å². The zero-order valence-corrected chi connectivity index (χ0v) is 12.7. The number of unbranched alkanes of at least 4 members (excludes halogenated alkanes) is 1. The average Bonchev–Trinajstić information content (AvgIpc) is 2.30. The molecule has 0 aromatic rings. The van der Waals surface area contributed by atoms with Gasteiger partial charge in [0, 0.05) is 25.2 Å². The SMILES string of the molecule is CCCC[C@H](N)C(=O)NCCN(C(C)C)C(C)C. The van der Waals surface area contributed by atoms with Gasteiger partial charge in [-0.3, -0.25) is 9.69 Å². The lowest BCUT2D eigenvalue weighted by Gasteiger charge is -2.30. The Bertz CT molecular complexity index is 221. The topological polar surface area (TPSA) is 58.4 Å². The van der Waals surface area contributed by atoms with Gasteiger partial charge in [0.2, 0.25) is 5.91 Å². The van der Waals surface area contributed by atoms with Crippen LogP contribution in [0.1, 0.15) is 53.9 Å². The monoisotopic (exact) mass is 257 g/mol. The smallest absolute Gasteiger partial charge is 0.236 e. The number of hydrogen-bond donors (Lipinski definition) is 2. The highest BCUT2D eigenvalue weighted by Gasteiger charge is 2.15. The highest BCUT2D eigenvalue weighted by molar-refractivity contribution is 5.81. The van der Waals surface area contributed by atoms with E-state index in [1.807, 2.05) is 0 Å². The number of nitrogens with two attached hydrogens (primary N) is 1. The predicted molar refractivity (Wildman–Crippen MR) is 77.5 cm³/mol. The van der Waals surface area contributed by atoms with Crippen molar-refractivity contribution in [2.75, 3.05) is 13.1 Å². The first-order chi connectivity index (χ1) is 8.40. The summed E-state index contributed by atoms with van der Waals surface area (Å²) >= 11 is 0. The molecule has 0 rings (SSSR count). The Morgan fingerprint density at radius 3 is 2.22 bits per heavy atom. The van der Waals surface area contributed by atoms with E-state index in [1.165, 1.54) is 0 Å². The van der Waals surface area contributed by atoms with E-state index in [1.54, 1.807) is 0 Å². The van der Waals surface area contributed by atoms with Gasteiger partial charge in [0.15, 0.2) is 0 Å². The molecule has 0 bridgehead atoms. The predicted octanol–water partition coefficient (Wildman–Crippen LogP) is 1.74. The number of amides is 1. The molecule has 0 heterocycles. The molecule has 4 heteroatoms. The lowest BCUT2D eigenvalue weighted by atomic mass is 10.1. The van der Waals surface area contributed by atoms with Gasteiger partial charge >= 0.3 is 0 Å². The van der Waals surface area contributed by atoms with Crippen molar-refractivity contribution in [2.24, 2.45) is 5.73 Å². The van der Waals surface area contributed by atoms with Crippen LogP contribution in [0.15, 0.2) is 0 Å². The van der Waals surface area contributed by atoms with Gasteiger partial charge in [-0.15, -0.1) is 0 Å². The second kappa shape index (κ2) is 9.34. The van der Waals surface area contributed by atoms with E-state index in [2.05, 4.69) is 44.8 Å². The van der Waals surface area contributed by atoms with E-state index in [0.29, 0.717) is 18.6 Å². The molecule has 3 N–H and O–H groups in total. The van der Waals surface area contributed by atoms with E-state index >= 15 is 0 Å². The van der Waals surface area contributed by atoms with Crippen molar-refractivity contribution < 1.29 is 4.79 Å².